The predicted octanol–water partition coefficient (Wildman–Crippen LogP) is 2.27. The van der Waals surface area contributed by atoms with E-state index in [4.69, 9.17) is 0 Å². The summed E-state index contributed by atoms with van der Waals surface area (Å²) in [4.78, 5) is 28.8. The summed E-state index contributed by atoms with van der Waals surface area (Å²) in [5.74, 6) is 0.0493. The minimum Gasteiger partial charge on any atom is -0.342 e. The van der Waals surface area contributed by atoms with Crippen LogP contribution in [0.3, 0.4) is 0 Å². The van der Waals surface area contributed by atoms with Crippen LogP contribution in [0, 0.1) is 5.92 Å². The predicted molar refractivity (Wildman–Crippen MR) is 98.7 cm³/mol. The second-order valence-corrected chi connectivity index (χ2v) is 7.23. The van der Waals surface area contributed by atoms with Crippen molar-refractivity contribution in [2.75, 3.05) is 24.5 Å². The van der Waals surface area contributed by atoms with Gasteiger partial charge in [-0.2, -0.15) is 5.10 Å². The molecular formula is C20H24N4O2. The molecule has 1 aromatic heterocycles. The fourth-order valence-electron chi connectivity index (χ4n) is 4.14. The highest BCUT2D eigenvalue weighted by Gasteiger charge is 2.35. The third-order valence-corrected chi connectivity index (χ3v) is 5.51. The zero-order chi connectivity index (χ0) is 18.1. The fraction of sp³-hybridized carbons (Fsp3) is 0.450. The number of fused-ring (bicyclic) bond motifs is 1. The molecule has 26 heavy (non-hydrogen) atoms. The molecule has 0 saturated carbocycles. The van der Waals surface area contributed by atoms with Crippen molar-refractivity contribution in [3.8, 4) is 0 Å². The molecule has 2 aliphatic heterocycles. The van der Waals surface area contributed by atoms with Crippen LogP contribution in [0.2, 0.25) is 0 Å². The number of benzene rings is 1. The highest BCUT2D eigenvalue weighted by molar-refractivity contribution is 5.96. The average molecular weight is 352 g/mol. The maximum atomic E-state index is 13.4. The number of aromatic nitrogens is 2. The van der Waals surface area contributed by atoms with Gasteiger partial charge in [0.15, 0.2) is 0 Å². The lowest BCUT2D eigenvalue weighted by Crippen LogP contribution is -2.49. The Bertz CT molecular complexity index is 802. The van der Waals surface area contributed by atoms with E-state index in [1.54, 1.807) is 18.0 Å². The molecule has 2 unspecified atom stereocenters. The third kappa shape index (κ3) is 3.11. The van der Waals surface area contributed by atoms with Crippen molar-refractivity contribution in [1.82, 2.24) is 14.7 Å². The molecule has 6 heteroatoms. The molecule has 3 heterocycles. The zero-order valence-electron chi connectivity index (χ0n) is 15.0. The Morgan fingerprint density at radius 1 is 1.15 bits per heavy atom. The van der Waals surface area contributed by atoms with E-state index in [0.717, 1.165) is 31.5 Å². The first-order valence-electron chi connectivity index (χ1n) is 9.27. The number of anilines is 1. The minimum atomic E-state index is -0.128. The largest absolute Gasteiger partial charge is 0.342 e. The molecule has 0 radical (unpaired) electrons. The van der Waals surface area contributed by atoms with Gasteiger partial charge in [-0.05, 0) is 37.0 Å². The van der Waals surface area contributed by atoms with Gasteiger partial charge >= 0.3 is 0 Å². The van der Waals surface area contributed by atoms with Gasteiger partial charge in [-0.25, -0.2) is 0 Å². The topological polar surface area (TPSA) is 58.4 Å². The van der Waals surface area contributed by atoms with Crippen LogP contribution in [0.1, 0.15) is 31.4 Å². The van der Waals surface area contributed by atoms with Gasteiger partial charge in [-0.3, -0.25) is 14.3 Å². The smallest absolute Gasteiger partial charge is 0.231 e. The first kappa shape index (κ1) is 16.8. The molecule has 0 N–H and O–H groups in total. The lowest BCUT2D eigenvalue weighted by atomic mass is 9.92. The van der Waals surface area contributed by atoms with Gasteiger partial charge in [0.25, 0.3) is 0 Å². The monoisotopic (exact) mass is 352 g/mol. The minimum absolute atomic E-state index is 0.0518. The van der Waals surface area contributed by atoms with Gasteiger partial charge in [0.2, 0.25) is 11.8 Å². The van der Waals surface area contributed by atoms with E-state index >= 15 is 0 Å². The van der Waals surface area contributed by atoms with Gasteiger partial charge in [-0.15, -0.1) is 0 Å². The molecule has 0 bridgehead atoms. The quantitative estimate of drug-likeness (QED) is 0.833. The standard InChI is InChI=1S/C20H24N4O2/c1-15(25)22-10-4-7-17(13-22)20(26)23-14-18(24-11-5-9-21-24)12-16-6-2-3-8-19(16)23/h2-3,5-6,8-9,11,17-18H,4,7,10,12-14H2,1H3. The first-order valence-corrected chi connectivity index (χ1v) is 9.27. The number of rotatable bonds is 2. The number of para-hydroxylation sites is 1. The van der Waals surface area contributed by atoms with E-state index in [-0.39, 0.29) is 23.8 Å². The van der Waals surface area contributed by atoms with Gasteiger partial charge in [-0.1, -0.05) is 18.2 Å². The number of nitrogens with zero attached hydrogens (tertiary/aromatic N) is 4. The van der Waals surface area contributed by atoms with Crippen LogP contribution < -0.4 is 4.90 Å². The number of hydrogen-bond acceptors (Lipinski definition) is 3. The molecule has 0 spiro atoms. The molecule has 0 aliphatic carbocycles. The van der Waals surface area contributed by atoms with E-state index in [2.05, 4.69) is 11.2 Å². The lowest BCUT2D eigenvalue weighted by Gasteiger charge is -2.39. The Balaban J connectivity index is 1.61. The number of carbonyl (C=O) groups excluding carboxylic acids is 2. The third-order valence-electron chi connectivity index (χ3n) is 5.51. The summed E-state index contributed by atoms with van der Waals surface area (Å²) in [6.07, 6.45) is 6.32. The Morgan fingerprint density at radius 2 is 2.00 bits per heavy atom. The summed E-state index contributed by atoms with van der Waals surface area (Å²) in [6.45, 7) is 3.48. The zero-order valence-corrected chi connectivity index (χ0v) is 15.0. The van der Waals surface area contributed by atoms with E-state index in [1.165, 1.54) is 5.56 Å². The Labute approximate surface area is 153 Å². The number of piperidine rings is 1. The van der Waals surface area contributed by atoms with Crippen LogP contribution in [0.25, 0.3) is 0 Å². The normalized spacial score (nSPS) is 22.8. The molecule has 136 valence electrons. The molecule has 2 aromatic rings. The molecule has 2 atom stereocenters. The Morgan fingerprint density at radius 3 is 2.77 bits per heavy atom. The molecule has 4 rings (SSSR count). The maximum Gasteiger partial charge on any atom is 0.231 e. The first-order chi connectivity index (χ1) is 12.6. The van der Waals surface area contributed by atoms with Crippen molar-refractivity contribution < 1.29 is 9.59 Å². The molecular weight excluding hydrogens is 328 g/mol. The molecule has 1 saturated heterocycles. The summed E-state index contributed by atoms with van der Waals surface area (Å²) in [5, 5.41) is 4.38. The molecule has 1 aromatic carbocycles. The average Bonchev–Trinajstić information content (AvgIpc) is 3.21. The van der Waals surface area contributed by atoms with E-state index in [0.29, 0.717) is 13.1 Å². The van der Waals surface area contributed by atoms with Gasteiger partial charge in [0, 0.05) is 44.6 Å². The summed E-state index contributed by atoms with van der Waals surface area (Å²) in [5.41, 5.74) is 2.17. The number of carbonyl (C=O) groups is 2. The van der Waals surface area contributed by atoms with Gasteiger partial charge in [0.1, 0.15) is 0 Å². The van der Waals surface area contributed by atoms with Crippen molar-refractivity contribution in [3.63, 3.8) is 0 Å². The van der Waals surface area contributed by atoms with Crippen LogP contribution in [0.4, 0.5) is 5.69 Å². The van der Waals surface area contributed by atoms with Crippen LogP contribution in [0.15, 0.2) is 42.7 Å². The van der Waals surface area contributed by atoms with E-state index < -0.39 is 0 Å². The summed E-state index contributed by atoms with van der Waals surface area (Å²) >= 11 is 0. The van der Waals surface area contributed by atoms with Crippen LogP contribution in [0.5, 0.6) is 0 Å². The molecule has 1 fully saturated rings. The highest BCUT2D eigenvalue weighted by Crippen LogP contribution is 2.33. The summed E-state index contributed by atoms with van der Waals surface area (Å²) < 4.78 is 1.94. The second kappa shape index (κ2) is 6.94. The summed E-state index contributed by atoms with van der Waals surface area (Å²) in [6, 6.07) is 10.2. The molecule has 2 aliphatic rings. The van der Waals surface area contributed by atoms with Crippen LogP contribution >= 0.6 is 0 Å². The Kier molecular flexibility index (Phi) is 4.49. The van der Waals surface area contributed by atoms with Crippen molar-refractivity contribution >= 4 is 17.5 Å². The SMILES string of the molecule is CC(=O)N1CCCC(C(=O)N2CC(n3cccn3)Cc3ccccc32)C1. The number of amides is 2. The van der Waals surface area contributed by atoms with Crippen LogP contribution in [-0.2, 0) is 16.0 Å². The second-order valence-electron chi connectivity index (χ2n) is 7.23. The summed E-state index contributed by atoms with van der Waals surface area (Å²) in [7, 11) is 0. The Hall–Kier alpha value is -2.63. The number of likely N-dealkylation sites (tertiary alicyclic amines) is 1. The lowest BCUT2D eigenvalue weighted by molar-refractivity contribution is -0.133. The molecule has 6 nitrogen and oxygen atoms in total. The van der Waals surface area contributed by atoms with Gasteiger partial charge in [0.05, 0.1) is 12.0 Å². The van der Waals surface area contributed by atoms with E-state index in [1.807, 2.05) is 40.0 Å². The van der Waals surface area contributed by atoms with Crippen molar-refractivity contribution in [1.29, 1.82) is 0 Å². The van der Waals surface area contributed by atoms with Gasteiger partial charge < -0.3 is 9.80 Å². The van der Waals surface area contributed by atoms with Crippen molar-refractivity contribution in [2.45, 2.75) is 32.2 Å². The highest BCUT2D eigenvalue weighted by atomic mass is 16.2. The van der Waals surface area contributed by atoms with Crippen molar-refractivity contribution in [3.05, 3.63) is 48.3 Å². The maximum absolute atomic E-state index is 13.4. The van der Waals surface area contributed by atoms with Crippen LogP contribution in [-0.4, -0.2) is 46.1 Å². The van der Waals surface area contributed by atoms with E-state index in [9.17, 15) is 9.59 Å². The number of hydrogen-bond donors (Lipinski definition) is 0. The fourth-order valence-corrected chi connectivity index (χ4v) is 4.14. The molecule has 2 amide bonds. The van der Waals surface area contributed by atoms with Crippen molar-refractivity contribution in [2.24, 2.45) is 5.92 Å².